The van der Waals surface area contributed by atoms with Crippen LogP contribution in [0.2, 0.25) is 0 Å². The van der Waals surface area contributed by atoms with E-state index in [0.29, 0.717) is 23.7 Å². The third-order valence-electron chi connectivity index (χ3n) is 4.71. The van der Waals surface area contributed by atoms with E-state index in [2.05, 4.69) is 24.1 Å². The lowest BCUT2D eigenvalue weighted by Crippen LogP contribution is -2.31. The fourth-order valence-electron chi connectivity index (χ4n) is 3.03. The van der Waals surface area contributed by atoms with Gasteiger partial charge < -0.3 is 10.2 Å². The maximum atomic E-state index is 12.9. The molecule has 148 valence electrons. The van der Waals surface area contributed by atoms with Gasteiger partial charge in [-0.25, -0.2) is 0 Å². The molecular formula is C24H25N3O2. The number of hydrogen-bond acceptors (Lipinski definition) is 3. The summed E-state index contributed by atoms with van der Waals surface area (Å²) in [6.45, 7) is 6.65. The van der Waals surface area contributed by atoms with Crippen molar-refractivity contribution < 1.29 is 9.59 Å². The van der Waals surface area contributed by atoms with Crippen molar-refractivity contribution in [3.8, 4) is 0 Å². The first-order valence-electron chi connectivity index (χ1n) is 9.74. The number of hydrogen-bond donors (Lipinski definition) is 1. The minimum absolute atomic E-state index is 0.235. The Labute approximate surface area is 171 Å². The molecule has 0 saturated heterocycles. The average molecular weight is 387 g/mol. The number of rotatable bonds is 6. The van der Waals surface area contributed by atoms with Gasteiger partial charge in [0, 0.05) is 29.7 Å². The number of para-hydroxylation sites is 1. The Morgan fingerprint density at radius 1 is 1.00 bits per heavy atom. The quantitative estimate of drug-likeness (QED) is 0.638. The highest BCUT2D eigenvalue weighted by Gasteiger charge is 2.19. The number of anilines is 2. The number of benzene rings is 2. The number of amides is 2. The van der Waals surface area contributed by atoms with Crippen LogP contribution in [0.25, 0.3) is 0 Å². The van der Waals surface area contributed by atoms with Crippen LogP contribution in [0.4, 0.5) is 11.4 Å². The fourth-order valence-corrected chi connectivity index (χ4v) is 3.03. The molecule has 0 aliphatic rings. The molecule has 1 N–H and O–H groups in total. The highest BCUT2D eigenvalue weighted by Crippen LogP contribution is 2.19. The van der Waals surface area contributed by atoms with Gasteiger partial charge >= 0.3 is 0 Å². The second kappa shape index (κ2) is 9.15. The maximum Gasteiger partial charge on any atom is 0.276 e. The fraction of sp³-hybridized carbons (Fsp3) is 0.208. The third kappa shape index (κ3) is 4.88. The Bertz CT molecular complexity index is 983. The van der Waals surface area contributed by atoms with E-state index in [9.17, 15) is 9.59 Å². The van der Waals surface area contributed by atoms with E-state index in [1.807, 2.05) is 61.5 Å². The van der Waals surface area contributed by atoms with E-state index in [-0.39, 0.29) is 17.5 Å². The maximum absolute atomic E-state index is 12.9. The summed E-state index contributed by atoms with van der Waals surface area (Å²) in [5.74, 6) is -0.0872. The summed E-state index contributed by atoms with van der Waals surface area (Å²) in [6.07, 6.45) is 1.49. The molecule has 0 atom stereocenters. The van der Waals surface area contributed by atoms with Gasteiger partial charge in [-0.2, -0.15) is 0 Å². The van der Waals surface area contributed by atoms with E-state index < -0.39 is 0 Å². The van der Waals surface area contributed by atoms with Gasteiger partial charge in [0.05, 0.1) is 0 Å². The molecule has 3 rings (SSSR count). The minimum atomic E-state index is -0.276. The first kappa shape index (κ1) is 20.3. The summed E-state index contributed by atoms with van der Waals surface area (Å²) in [6, 6.07) is 20.3. The van der Waals surface area contributed by atoms with Gasteiger partial charge in [0.2, 0.25) is 0 Å². The molecule has 0 radical (unpaired) electrons. The molecule has 1 aromatic heterocycles. The number of carbonyl (C=O) groups excluding carboxylic acids is 2. The van der Waals surface area contributed by atoms with Gasteiger partial charge in [0.25, 0.3) is 11.8 Å². The molecule has 29 heavy (non-hydrogen) atoms. The predicted octanol–water partition coefficient (Wildman–Crippen LogP) is 5.12. The lowest BCUT2D eigenvalue weighted by molar-refractivity contribution is 0.0983. The molecule has 0 spiro atoms. The van der Waals surface area contributed by atoms with Crippen LogP contribution < -0.4 is 10.2 Å². The summed E-state index contributed by atoms with van der Waals surface area (Å²) in [5.41, 5.74) is 3.34. The Morgan fingerprint density at radius 3 is 2.31 bits per heavy atom. The second-order valence-electron chi connectivity index (χ2n) is 7.05. The van der Waals surface area contributed by atoms with Gasteiger partial charge in [-0.3, -0.25) is 14.6 Å². The zero-order valence-electron chi connectivity index (χ0n) is 16.9. The van der Waals surface area contributed by atoms with Gasteiger partial charge in [-0.15, -0.1) is 0 Å². The largest absolute Gasteiger partial charge is 0.322 e. The van der Waals surface area contributed by atoms with E-state index in [4.69, 9.17) is 0 Å². The Balaban J connectivity index is 1.77. The molecule has 2 aromatic carbocycles. The molecule has 0 aliphatic heterocycles. The van der Waals surface area contributed by atoms with Crippen molar-refractivity contribution in [3.05, 3.63) is 89.7 Å². The molecular weight excluding hydrogens is 362 g/mol. The lowest BCUT2D eigenvalue weighted by Gasteiger charge is -2.20. The number of nitrogens with zero attached hydrogens (tertiary/aromatic N) is 2. The van der Waals surface area contributed by atoms with Crippen LogP contribution in [-0.2, 0) is 0 Å². The highest BCUT2D eigenvalue weighted by molar-refractivity contribution is 6.08. The van der Waals surface area contributed by atoms with Crippen molar-refractivity contribution in [2.45, 2.75) is 26.7 Å². The summed E-state index contributed by atoms with van der Waals surface area (Å²) in [5, 5.41) is 2.87. The van der Waals surface area contributed by atoms with E-state index >= 15 is 0 Å². The molecule has 2 amide bonds. The van der Waals surface area contributed by atoms with Crippen molar-refractivity contribution in [2.24, 2.45) is 0 Å². The van der Waals surface area contributed by atoms with E-state index in [1.54, 1.807) is 11.0 Å². The van der Waals surface area contributed by atoms with Crippen LogP contribution in [0.3, 0.4) is 0 Å². The number of pyridine rings is 1. The standard InChI is InChI=1S/C24H25N3O2/c1-4-27(21-8-6-5-7-9-21)24(29)22-16-19(14-15-25-22)23(28)26-20-12-10-18(11-13-20)17(2)3/h5-17H,4H2,1-3H3,(H,26,28). The molecule has 3 aromatic rings. The van der Waals surface area contributed by atoms with Crippen LogP contribution >= 0.6 is 0 Å². The van der Waals surface area contributed by atoms with E-state index in [1.165, 1.54) is 17.8 Å². The van der Waals surface area contributed by atoms with Gasteiger partial charge in [0.15, 0.2) is 0 Å². The summed E-state index contributed by atoms with van der Waals surface area (Å²) < 4.78 is 0. The van der Waals surface area contributed by atoms with Crippen molar-refractivity contribution in [2.75, 3.05) is 16.8 Å². The zero-order valence-corrected chi connectivity index (χ0v) is 16.9. The van der Waals surface area contributed by atoms with Gasteiger partial charge in [0.1, 0.15) is 5.69 Å². The third-order valence-corrected chi connectivity index (χ3v) is 4.71. The Hall–Kier alpha value is -3.47. The highest BCUT2D eigenvalue weighted by atomic mass is 16.2. The molecule has 0 fully saturated rings. The molecule has 1 heterocycles. The smallest absolute Gasteiger partial charge is 0.276 e. The topological polar surface area (TPSA) is 62.3 Å². The van der Waals surface area contributed by atoms with Crippen LogP contribution in [0.15, 0.2) is 72.9 Å². The predicted molar refractivity (Wildman–Crippen MR) is 117 cm³/mol. The van der Waals surface area contributed by atoms with Crippen LogP contribution in [0.5, 0.6) is 0 Å². The Morgan fingerprint density at radius 2 is 1.69 bits per heavy atom. The normalized spacial score (nSPS) is 10.6. The van der Waals surface area contributed by atoms with Crippen LogP contribution in [0, 0.1) is 0 Å². The minimum Gasteiger partial charge on any atom is -0.322 e. The molecule has 5 nitrogen and oxygen atoms in total. The van der Waals surface area contributed by atoms with Crippen LogP contribution in [-0.4, -0.2) is 23.3 Å². The van der Waals surface area contributed by atoms with Gasteiger partial charge in [-0.1, -0.05) is 44.2 Å². The molecule has 0 aliphatic carbocycles. The van der Waals surface area contributed by atoms with Gasteiger partial charge in [-0.05, 0) is 54.8 Å². The van der Waals surface area contributed by atoms with Crippen molar-refractivity contribution >= 4 is 23.2 Å². The van der Waals surface area contributed by atoms with Crippen molar-refractivity contribution in [1.29, 1.82) is 0 Å². The summed E-state index contributed by atoms with van der Waals surface area (Å²) in [7, 11) is 0. The first-order valence-corrected chi connectivity index (χ1v) is 9.74. The van der Waals surface area contributed by atoms with Crippen molar-refractivity contribution in [3.63, 3.8) is 0 Å². The zero-order chi connectivity index (χ0) is 20.8. The lowest BCUT2D eigenvalue weighted by atomic mass is 10.0. The number of carbonyl (C=O) groups is 2. The summed E-state index contributed by atoms with van der Waals surface area (Å²) in [4.78, 5) is 31.4. The van der Waals surface area contributed by atoms with Crippen LogP contribution in [0.1, 0.15) is 53.1 Å². The summed E-state index contributed by atoms with van der Waals surface area (Å²) >= 11 is 0. The number of aromatic nitrogens is 1. The number of nitrogens with one attached hydrogen (secondary N) is 1. The SMILES string of the molecule is CCN(C(=O)c1cc(C(=O)Nc2ccc(C(C)C)cc2)ccn1)c1ccccc1. The molecule has 0 saturated carbocycles. The molecule has 5 heteroatoms. The molecule has 0 unspecified atom stereocenters. The van der Waals surface area contributed by atoms with Crippen molar-refractivity contribution in [1.82, 2.24) is 4.98 Å². The monoisotopic (exact) mass is 387 g/mol. The second-order valence-corrected chi connectivity index (χ2v) is 7.05. The Kier molecular flexibility index (Phi) is 6.39. The average Bonchev–Trinajstić information content (AvgIpc) is 2.75. The van der Waals surface area contributed by atoms with E-state index in [0.717, 1.165) is 5.69 Å². The first-order chi connectivity index (χ1) is 14.0. The molecule has 0 bridgehead atoms.